The molecule has 1 aliphatic carbocycles. The average molecular weight is 334 g/mol. The third-order valence-corrected chi connectivity index (χ3v) is 5.69. The van der Waals surface area contributed by atoms with E-state index in [4.69, 9.17) is 9.73 Å². The van der Waals surface area contributed by atoms with Crippen LogP contribution < -0.4 is 10.1 Å². The van der Waals surface area contributed by atoms with Crippen LogP contribution in [0.5, 0.6) is 5.75 Å². The molecule has 1 N–H and O–H groups in total. The van der Waals surface area contributed by atoms with Crippen LogP contribution in [0.3, 0.4) is 0 Å². The summed E-state index contributed by atoms with van der Waals surface area (Å²) < 4.78 is 5.24. The molecule has 1 fully saturated rings. The van der Waals surface area contributed by atoms with E-state index in [1.165, 1.54) is 54.8 Å². The van der Waals surface area contributed by atoms with Gasteiger partial charge < -0.3 is 10.1 Å². The highest BCUT2D eigenvalue weighted by Crippen LogP contribution is 2.45. The molecule has 0 aromatic heterocycles. The van der Waals surface area contributed by atoms with Gasteiger partial charge in [0.1, 0.15) is 11.6 Å². The molecule has 3 heteroatoms. The Hall–Kier alpha value is -2.29. The summed E-state index contributed by atoms with van der Waals surface area (Å²) in [4.78, 5) is 5.05. The Morgan fingerprint density at radius 1 is 1.00 bits per heavy atom. The molecular formula is C22H26N2O. The molecule has 130 valence electrons. The molecule has 0 atom stereocenters. The number of nitrogens with zero attached hydrogens (tertiary/aromatic N) is 1. The topological polar surface area (TPSA) is 33.6 Å². The fraction of sp³-hybridized carbons (Fsp3) is 0.409. The zero-order valence-corrected chi connectivity index (χ0v) is 14.9. The minimum absolute atomic E-state index is 0.207. The van der Waals surface area contributed by atoms with Crippen LogP contribution in [0.4, 0.5) is 5.69 Å². The normalized spacial score (nSPS) is 20.1. The summed E-state index contributed by atoms with van der Waals surface area (Å²) in [6.07, 6.45) is 7.59. The zero-order valence-electron chi connectivity index (χ0n) is 14.9. The number of aliphatic imine (C=N–C) groups is 1. The molecule has 2 aliphatic rings. The molecule has 3 nitrogen and oxygen atoms in total. The summed E-state index contributed by atoms with van der Waals surface area (Å²) in [6.45, 7) is 0.718. The number of benzene rings is 2. The number of fused-ring (bicyclic) bond motifs is 1. The van der Waals surface area contributed by atoms with Crippen molar-refractivity contribution in [3.05, 3.63) is 59.7 Å². The molecule has 25 heavy (non-hydrogen) atoms. The molecule has 0 saturated heterocycles. The average Bonchev–Trinajstić information content (AvgIpc) is 2.67. The van der Waals surface area contributed by atoms with Crippen LogP contribution in [-0.2, 0) is 13.0 Å². The van der Waals surface area contributed by atoms with E-state index in [-0.39, 0.29) is 5.41 Å². The summed E-state index contributed by atoms with van der Waals surface area (Å²) in [5.41, 5.74) is 4.10. The number of hydrogen-bond donors (Lipinski definition) is 1. The Morgan fingerprint density at radius 3 is 2.52 bits per heavy atom. The first-order valence-electron chi connectivity index (χ1n) is 9.32. The highest BCUT2D eigenvalue weighted by molar-refractivity contribution is 6.02. The van der Waals surface area contributed by atoms with Crippen molar-refractivity contribution in [3.63, 3.8) is 0 Å². The van der Waals surface area contributed by atoms with Crippen molar-refractivity contribution in [1.29, 1.82) is 0 Å². The number of para-hydroxylation sites is 1. The molecule has 0 bridgehead atoms. The Bertz CT molecular complexity index is 758. The quantitative estimate of drug-likeness (QED) is 0.835. The number of hydrogen-bond acceptors (Lipinski definition) is 2. The van der Waals surface area contributed by atoms with Crippen LogP contribution in [0.2, 0.25) is 0 Å². The highest BCUT2D eigenvalue weighted by atomic mass is 16.5. The van der Waals surface area contributed by atoms with Gasteiger partial charge in [-0.2, -0.15) is 0 Å². The van der Waals surface area contributed by atoms with E-state index in [1.807, 2.05) is 12.1 Å². The lowest BCUT2D eigenvalue weighted by molar-refractivity contribution is 0.278. The van der Waals surface area contributed by atoms with Crippen molar-refractivity contribution in [1.82, 2.24) is 0 Å². The van der Waals surface area contributed by atoms with E-state index in [0.717, 1.165) is 18.7 Å². The largest absolute Gasteiger partial charge is 0.497 e. The van der Waals surface area contributed by atoms with Crippen LogP contribution >= 0.6 is 0 Å². The van der Waals surface area contributed by atoms with Crippen LogP contribution in [0.25, 0.3) is 0 Å². The molecule has 1 heterocycles. The number of ether oxygens (including phenoxy) is 1. The van der Waals surface area contributed by atoms with Gasteiger partial charge >= 0.3 is 0 Å². The van der Waals surface area contributed by atoms with Crippen LogP contribution in [0.1, 0.15) is 43.2 Å². The first kappa shape index (κ1) is 16.2. The van der Waals surface area contributed by atoms with Gasteiger partial charge in [0.25, 0.3) is 0 Å². The van der Waals surface area contributed by atoms with E-state index in [1.54, 1.807) is 7.11 Å². The molecular weight excluding hydrogens is 308 g/mol. The highest BCUT2D eigenvalue weighted by Gasteiger charge is 2.40. The van der Waals surface area contributed by atoms with E-state index >= 15 is 0 Å². The minimum atomic E-state index is 0.207. The lowest BCUT2D eigenvalue weighted by atomic mass is 9.67. The fourth-order valence-electron chi connectivity index (χ4n) is 4.26. The summed E-state index contributed by atoms with van der Waals surface area (Å²) in [7, 11) is 1.70. The van der Waals surface area contributed by atoms with Gasteiger partial charge in [-0.25, -0.2) is 0 Å². The monoisotopic (exact) mass is 334 g/mol. The molecule has 0 radical (unpaired) electrons. The molecule has 4 rings (SSSR count). The minimum Gasteiger partial charge on any atom is -0.497 e. The van der Waals surface area contributed by atoms with Crippen molar-refractivity contribution in [2.75, 3.05) is 12.4 Å². The van der Waals surface area contributed by atoms with E-state index < -0.39 is 0 Å². The van der Waals surface area contributed by atoms with E-state index in [0.29, 0.717) is 0 Å². The number of methoxy groups -OCH3 is 1. The van der Waals surface area contributed by atoms with Gasteiger partial charge in [0.2, 0.25) is 0 Å². The second-order valence-electron chi connectivity index (χ2n) is 7.31. The zero-order chi connectivity index (χ0) is 17.1. The van der Waals surface area contributed by atoms with Gasteiger partial charge in [0.15, 0.2) is 0 Å². The second-order valence-corrected chi connectivity index (χ2v) is 7.31. The van der Waals surface area contributed by atoms with Crippen molar-refractivity contribution in [3.8, 4) is 5.75 Å². The van der Waals surface area contributed by atoms with Crippen molar-refractivity contribution in [2.45, 2.75) is 45.1 Å². The SMILES string of the molecule is COc1ccc(CN=C2Nc3ccccc3CC23CCCCC3)cc1. The maximum atomic E-state index is 5.24. The van der Waals surface area contributed by atoms with Crippen molar-refractivity contribution in [2.24, 2.45) is 10.4 Å². The van der Waals surface area contributed by atoms with Crippen LogP contribution in [0.15, 0.2) is 53.5 Å². The molecule has 1 aliphatic heterocycles. The van der Waals surface area contributed by atoms with Crippen LogP contribution in [0, 0.1) is 5.41 Å². The van der Waals surface area contributed by atoms with Gasteiger partial charge in [0, 0.05) is 11.1 Å². The predicted molar refractivity (Wildman–Crippen MR) is 103 cm³/mol. The fourth-order valence-corrected chi connectivity index (χ4v) is 4.26. The Balaban J connectivity index is 1.62. The Kier molecular flexibility index (Phi) is 4.48. The van der Waals surface area contributed by atoms with E-state index in [9.17, 15) is 0 Å². The first-order chi connectivity index (χ1) is 12.3. The third kappa shape index (κ3) is 3.28. The summed E-state index contributed by atoms with van der Waals surface area (Å²) >= 11 is 0. The van der Waals surface area contributed by atoms with Crippen molar-refractivity contribution < 1.29 is 4.74 Å². The van der Waals surface area contributed by atoms with Crippen molar-refractivity contribution >= 4 is 11.5 Å². The van der Waals surface area contributed by atoms with Gasteiger partial charge in [0.05, 0.1) is 13.7 Å². The van der Waals surface area contributed by atoms with Gasteiger partial charge in [-0.1, -0.05) is 49.6 Å². The number of rotatable bonds is 3. The Morgan fingerprint density at radius 2 is 1.76 bits per heavy atom. The maximum Gasteiger partial charge on any atom is 0.118 e. The number of amidine groups is 1. The first-order valence-corrected chi connectivity index (χ1v) is 9.32. The molecule has 0 unspecified atom stereocenters. The lowest BCUT2D eigenvalue weighted by Crippen LogP contribution is -2.43. The van der Waals surface area contributed by atoms with Crippen LogP contribution in [-0.4, -0.2) is 12.9 Å². The van der Waals surface area contributed by atoms with Gasteiger partial charge in [-0.05, 0) is 48.6 Å². The molecule has 1 saturated carbocycles. The van der Waals surface area contributed by atoms with E-state index in [2.05, 4.69) is 41.7 Å². The molecule has 2 aromatic rings. The number of nitrogens with one attached hydrogen (secondary N) is 1. The standard InChI is InChI=1S/C22H26N2O/c1-25-19-11-9-17(10-12-19)16-23-21-22(13-5-2-6-14-22)15-18-7-3-4-8-20(18)24-21/h3-4,7-12H,2,5-6,13-16H2,1H3,(H,23,24). The summed E-state index contributed by atoms with van der Waals surface area (Å²) in [5.74, 6) is 2.09. The lowest BCUT2D eigenvalue weighted by Gasteiger charge is -2.42. The molecule has 0 amide bonds. The summed E-state index contributed by atoms with van der Waals surface area (Å²) in [6, 6.07) is 16.9. The Labute approximate surface area is 150 Å². The smallest absolute Gasteiger partial charge is 0.118 e. The number of anilines is 1. The summed E-state index contributed by atoms with van der Waals surface area (Å²) in [5, 5.41) is 3.68. The molecule has 1 spiro atoms. The van der Waals surface area contributed by atoms with Gasteiger partial charge in [-0.15, -0.1) is 0 Å². The predicted octanol–water partition coefficient (Wildman–Crippen LogP) is 5.21. The molecule has 2 aromatic carbocycles. The van der Waals surface area contributed by atoms with Gasteiger partial charge in [-0.3, -0.25) is 4.99 Å². The third-order valence-electron chi connectivity index (χ3n) is 5.69. The maximum absolute atomic E-state index is 5.24. The second kappa shape index (κ2) is 6.91.